The van der Waals surface area contributed by atoms with Crippen LogP contribution in [0.3, 0.4) is 0 Å². The van der Waals surface area contributed by atoms with E-state index in [9.17, 15) is 26.4 Å². The van der Waals surface area contributed by atoms with Gasteiger partial charge in [0.25, 0.3) is 0 Å². The summed E-state index contributed by atoms with van der Waals surface area (Å²) in [5, 5.41) is 3.26. The van der Waals surface area contributed by atoms with E-state index < -0.39 is 33.8 Å². The van der Waals surface area contributed by atoms with E-state index >= 15 is 0 Å². The van der Waals surface area contributed by atoms with Gasteiger partial charge in [0.2, 0.25) is 15.8 Å². The fraction of sp³-hybridized carbons (Fsp3) is 0.357. The van der Waals surface area contributed by atoms with Crippen molar-refractivity contribution in [1.82, 2.24) is 14.4 Å². The van der Waals surface area contributed by atoms with Gasteiger partial charge in [-0.05, 0) is 5.56 Å². The Labute approximate surface area is 146 Å². The van der Waals surface area contributed by atoms with Crippen LogP contribution in [0.25, 0.3) is 11.4 Å². The molecular weight excluding hydrogens is 379 g/mol. The lowest BCUT2D eigenvalue weighted by Crippen LogP contribution is -2.32. The molecule has 0 bridgehead atoms. The maximum Gasteiger partial charge on any atom is 0.471 e. The standard InChI is InChI=1S/C14H14F3N3O5S/c1-20(26(22,23)8-11(21)24-2)7-9-3-5-10(6-4-9)12-18-13(25-19-12)14(15,16)17/h3-6H,7-8H2,1-2H3. The fourth-order valence-corrected chi connectivity index (χ4v) is 2.87. The predicted molar refractivity (Wildman–Crippen MR) is 82.0 cm³/mol. The third-order valence-electron chi connectivity index (χ3n) is 3.29. The van der Waals surface area contributed by atoms with Gasteiger partial charge in [-0.25, -0.2) is 12.7 Å². The lowest BCUT2D eigenvalue weighted by atomic mass is 10.1. The molecule has 2 rings (SSSR count). The van der Waals surface area contributed by atoms with E-state index in [1.54, 1.807) is 0 Å². The summed E-state index contributed by atoms with van der Waals surface area (Å²) >= 11 is 0. The molecule has 2 aromatic rings. The summed E-state index contributed by atoms with van der Waals surface area (Å²) in [6, 6.07) is 5.87. The predicted octanol–water partition coefficient (Wildman–Crippen LogP) is 1.69. The third-order valence-corrected chi connectivity index (χ3v) is 4.97. The SMILES string of the molecule is COC(=O)CS(=O)(=O)N(C)Cc1ccc(-c2noc(C(F)(F)F)n2)cc1. The van der Waals surface area contributed by atoms with E-state index in [0.29, 0.717) is 5.56 Å². The number of ether oxygens (including phenoxy) is 1. The number of benzene rings is 1. The van der Waals surface area contributed by atoms with Crippen molar-refractivity contribution in [3.05, 3.63) is 35.7 Å². The smallest absolute Gasteiger partial charge is 0.468 e. The van der Waals surface area contributed by atoms with Gasteiger partial charge in [-0.15, -0.1) is 0 Å². The average Bonchev–Trinajstić information content (AvgIpc) is 3.05. The summed E-state index contributed by atoms with van der Waals surface area (Å²) in [5.74, 6) is -3.37. The zero-order valence-corrected chi connectivity index (χ0v) is 14.5. The highest BCUT2D eigenvalue weighted by Gasteiger charge is 2.38. The Balaban J connectivity index is 2.10. The van der Waals surface area contributed by atoms with Gasteiger partial charge in [0, 0.05) is 19.2 Å². The molecule has 0 N–H and O–H groups in total. The number of sulfonamides is 1. The Kier molecular flexibility index (Phi) is 5.66. The van der Waals surface area contributed by atoms with Crippen molar-refractivity contribution in [2.75, 3.05) is 19.9 Å². The first-order valence-electron chi connectivity index (χ1n) is 7.04. The number of hydrogen-bond donors (Lipinski definition) is 0. The Morgan fingerprint density at radius 2 is 1.88 bits per heavy atom. The van der Waals surface area contributed by atoms with Crippen LogP contribution in [0.2, 0.25) is 0 Å². The largest absolute Gasteiger partial charge is 0.471 e. The van der Waals surface area contributed by atoms with Gasteiger partial charge < -0.3 is 9.26 Å². The average molecular weight is 393 g/mol. The molecule has 1 heterocycles. The molecular formula is C14H14F3N3O5S. The molecule has 0 amide bonds. The monoisotopic (exact) mass is 393 g/mol. The van der Waals surface area contributed by atoms with Crippen molar-refractivity contribution in [1.29, 1.82) is 0 Å². The third kappa shape index (κ3) is 4.79. The summed E-state index contributed by atoms with van der Waals surface area (Å²) in [6.07, 6.45) is -4.73. The summed E-state index contributed by atoms with van der Waals surface area (Å²) < 4.78 is 70.8. The van der Waals surface area contributed by atoms with Crippen molar-refractivity contribution >= 4 is 16.0 Å². The molecule has 0 aliphatic heterocycles. The second-order valence-corrected chi connectivity index (χ2v) is 7.28. The van der Waals surface area contributed by atoms with Crippen LogP contribution in [0.5, 0.6) is 0 Å². The van der Waals surface area contributed by atoms with E-state index in [4.69, 9.17) is 0 Å². The minimum absolute atomic E-state index is 0.0420. The zero-order valence-electron chi connectivity index (χ0n) is 13.6. The topological polar surface area (TPSA) is 103 Å². The lowest BCUT2D eigenvalue weighted by molar-refractivity contribution is -0.159. The molecule has 0 aliphatic carbocycles. The van der Waals surface area contributed by atoms with Crippen molar-refractivity contribution in [3.8, 4) is 11.4 Å². The van der Waals surface area contributed by atoms with Gasteiger partial charge in [-0.1, -0.05) is 29.4 Å². The molecule has 142 valence electrons. The first-order valence-corrected chi connectivity index (χ1v) is 8.65. The van der Waals surface area contributed by atoms with Crippen LogP contribution in [0.4, 0.5) is 13.2 Å². The number of methoxy groups -OCH3 is 1. The fourth-order valence-electron chi connectivity index (χ4n) is 1.89. The molecule has 1 aromatic carbocycles. The number of carbonyl (C=O) groups excluding carboxylic acids is 1. The highest BCUT2D eigenvalue weighted by Crippen LogP contribution is 2.29. The Bertz CT molecular complexity index is 878. The van der Waals surface area contributed by atoms with E-state index in [0.717, 1.165) is 11.4 Å². The van der Waals surface area contributed by atoms with Gasteiger partial charge in [-0.2, -0.15) is 18.2 Å². The van der Waals surface area contributed by atoms with Crippen molar-refractivity contribution in [3.63, 3.8) is 0 Å². The van der Waals surface area contributed by atoms with E-state index in [-0.39, 0.29) is 17.9 Å². The van der Waals surface area contributed by atoms with Crippen LogP contribution in [-0.2, 0) is 32.3 Å². The summed E-state index contributed by atoms with van der Waals surface area (Å²) in [7, 11) is -1.48. The second kappa shape index (κ2) is 7.41. The second-order valence-electron chi connectivity index (χ2n) is 5.21. The molecule has 0 unspecified atom stereocenters. The molecule has 26 heavy (non-hydrogen) atoms. The molecule has 0 atom stereocenters. The van der Waals surface area contributed by atoms with Crippen LogP contribution >= 0.6 is 0 Å². The Morgan fingerprint density at radius 3 is 2.38 bits per heavy atom. The Morgan fingerprint density at radius 1 is 1.27 bits per heavy atom. The van der Waals surface area contributed by atoms with E-state index in [1.165, 1.54) is 31.3 Å². The van der Waals surface area contributed by atoms with Crippen LogP contribution < -0.4 is 0 Å². The molecule has 8 nitrogen and oxygen atoms in total. The molecule has 12 heteroatoms. The minimum Gasteiger partial charge on any atom is -0.468 e. The molecule has 0 saturated carbocycles. The van der Waals surface area contributed by atoms with Crippen LogP contribution in [0.15, 0.2) is 28.8 Å². The van der Waals surface area contributed by atoms with Gasteiger partial charge >= 0.3 is 18.0 Å². The number of aromatic nitrogens is 2. The van der Waals surface area contributed by atoms with E-state index in [1.807, 2.05) is 0 Å². The number of esters is 1. The molecule has 1 aromatic heterocycles. The molecule has 0 saturated heterocycles. The van der Waals surface area contributed by atoms with Gasteiger partial charge in [0.1, 0.15) is 0 Å². The van der Waals surface area contributed by atoms with Crippen molar-refractivity contribution in [2.24, 2.45) is 0 Å². The molecule has 0 radical (unpaired) electrons. The normalized spacial score (nSPS) is 12.4. The maximum atomic E-state index is 12.5. The number of carbonyl (C=O) groups is 1. The lowest BCUT2D eigenvalue weighted by Gasteiger charge is -2.16. The van der Waals surface area contributed by atoms with Gasteiger partial charge in [-0.3, -0.25) is 4.79 Å². The molecule has 0 fully saturated rings. The summed E-state index contributed by atoms with van der Waals surface area (Å²) in [6.45, 7) is -0.0420. The Hall–Kier alpha value is -2.47. The minimum atomic E-state index is -4.73. The zero-order chi connectivity index (χ0) is 19.5. The van der Waals surface area contributed by atoms with Crippen LogP contribution in [-0.4, -0.2) is 48.7 Å². The number of alkyl halides is 3. The van der Waals surface area contributed by atoms with Crippen LogP contribution in [0.1, 0.15) is 11.5 Å². The summed E-state index contributed by atoms with van der Waals surface area (Å²) in [4.78, 5) is 14.4. The van der Waals surface area contributed by atoms with Gasteiger partial charge in [0.05, 0.1) is 7.11 Å². The quantitative estimate of drug-likeness (QED) is 0.688. The van der Waals surface area contributed by atoms with Gasteiger partial charge in [0.15, 0.2) is 5.75 Å². The first kappa shape index (κ1) is 19.8. The number of rotatable bonds is 6. The van der Waals surface area contributed by atoms with E-state index in [2.05, 4.69) is 19.4 Å². The molecule has 0 aliphatic rings. The van der Waals surface area contributed by atoms with Crippen molar-refractivity contribution in [2.45, 2.75) is 12.7 Å². The molecule has 0 spiro atoms. The first-order chi connectivity index (χ1) is 12.0. The highest BCUT2D eigenvalue weighted by molar-refractivity contribution is 7.89. The summed E-state index contributed by atoms with van der Waals surface area (Å²) in [5.41, 5.74) is 0.817. The maximum absolute atomic E-state index is 12.5. The van der Waals surface area contributed by atoms with Crippen LogP contribution in [0, 0.1) is 0 Å². The highest BCUT2D eigenvalue weighted by atomic mass is 32.2. The number of nitrogens with zero attached hydrogens (tertiary/aromatic N) is 3. The number of hydrogen-bond acceptors (Lipinski definition) is 7. The number of halogens is 3. The van der Waals surface area contributed by atoms with Crippen molar-refractivity contribution < 1.29 is 35.6 Å².